The number of hydrogen-bond acceptors (Lipinski definition) is 3. The zero-order valence-corrected chi connectivity index (χ0v) is 12.8. The number of nitrogen functional groups attached to an aromatic ring is 1. The smallest absolute Gasteiger partial charge is 0.119 e. The van der Waals surface area contributed by atoms with Crippen LogP contribution in [0.25, 0.3) is 0 Å². The molecule has 0 bridgehead atoms. The van der Waals surface area contributed by atoms with Crippen LogP contribution < -0.4 is 10.5 Å². The lowest BCUT2D eigenvalue weighted by Crippen LogP contribution is -2.00. The van der Waals surface area contributed by atoms with Crippen LogP contribution in [0.4, 0.5) is 5.69 Å². The Kier molecular flexibility index (Phi) is 5.36. The van der Waals surface area contributed by atoms with Gasteiger partial charge in [-0.2, -0.15) is 0 Å². The molecule has 0 fully saturated rings. The second kappa shape index (κ2) is 7.25. The van der Waals surface area contributed by atoms with Gasteiger partial charge < -0.3 is 10.5 Å². The molecular formula is C17H21NOS. The molecular weight excluding hydrogens is 266 g/mol. The standard InChI is InChI=1S/C17H21NOS/c1-13(2)14-4-3-5-16(12-14)19-10-11-20-17-8-6-15(18)7-9-17/h3-9,12-13H,10-11,18H2,1-2H3. The molecule has 2 nitrogen and oxygen atoms in total. The monoisotopic (exact) mass is 287 g/mol. The van der Waals surface area contributed by atoms with Crippen LogP contribution >= 0.6 is 11.8 Å². The molecule has 106 valence electrons. The molecule has 0 atom stereocenters. The van der Waals surface area contributed by atoms with Crippen LogP contribution in [0.1, 0.15) is 25.3 Å². The van der Waals surface area contributed by atoms with Gasteiger partial charge >= 0.3 is 0 Å². The van der Waals surface area contributed by atoms with Crippen LogP contribution in [-0.4, -0.2) is 12.4 Å². The predicted octanol–water partition coefficient (Wildman–Crippen LogP) is 4.56. The minimum absolute atomic E-state index is 0.530. The molecule has 0 saturated heterocycles. The Labute approximate surface area is 125 Å². The zero-order chi connectivity index (χ0) is 14.4. The third-order valence-corrected chi connectivity index (χ3v) is 4.00. The first-order chi connectivity index (χ1) is 9.65. The van der Waals surface area contributed by atoms with Crippen molar-refractivity contribution in [1.82, 2.24) is 0 Å². The lowest BCUT2D eigenvalue weighted by Gasteiger charge is -2.10. The molecule has 2 rings (SSSR count). The van der Waals surface area contributed by atoms with E-state index in [4.69, 9.17) is 10.5 Å². The summed E-state index contributed by atoms with van der Waals surface area (Å²) in [5.74, 6) is 2.41. The molecule has 2 aromatic carbocycles. The molecule has 0 aromatic heterocycles. The third-order valence-electron chi connectivity index (χ3n) is 3.03. The molecule has 20 heavy (non-hydrogen) atoms. The maximum absolute atomic E-state index is 5.80. The Balaban J connectivity index is 1.78. The van der Waals surface area contributed by atoms with Crippen molar-refractivity contribution < 1.29 is 4.74 Å². The molecule has 0 spiro atoms. The summed E-state index contributed by atoms with van der Waals surface area (Å²) in [6, 6.07) is 16.3. The van der Waals surface area contributed by atoms with Gasteiger partial charge in [-0.15, -0.1) is 11.8 Å². The zero-order valence-electron chi connectivity index (χ0n) is 12.0. The van der Waals surface area contributed by atoms with E-state index in [-0.39, 0.29) is 0 Å². The molecule has 2 N–H and O–H groups in total. The van der Waals surface area contributed by atoms with Crippen LogP contribution in [0.15, 0.2) is 53.4 Å². The van der Waals surface area contributed by atoms with Gasteiger partial charge in [-0.25, -0.2) is 0 Å². The topological polar surface area (TPSA) is 35.2 Å². The van der Waals surface area contributed by atoms with Crippen LogP contribution in [-0.2, 0) is 0 Å². The van der Waals surface area contributed by atoms with E-state index in [9.17, 15) is 0 Å². The van der Waals surface area contributed by atoms with Crippen molar-refractivity contribution in [2.24, 2.45) is 0 Å². The van der Waals surface area contributed by atoms with Crippen molar-refractivity contribution in [3.05, 3.63) is 54.1 Å². The summed E-state index contributed by atoms with van der Waals surface area (Å²) in [6.45, 7) is 5.09. The molecule has 3 heteroatoms. The van der Waals surface area contributed by atoms with E-state index >= 15 is 0 Å². The highest BCUT2D eigenvalue weighted by Gasteiger charge is 2.01. The van der Waals surface area contributed by atoms with Gasteiger partial charge in [0.15, 0.2) is 0 Å². The normalized spacial score (nSPS) is 10.8. The molecule has 0 aliphatic heterocycles. The Morgan fingerprint density at radius 2 is 1.85 bits per heavy atom. The molecule has 0 aliphatic carbocycles. The molecule has 0 saturated carbocycles. The number of hydrogen-bond donors (Lipinski definition) is 1. The van der Waals surface area contributed by atoms with Gasteiger partial charge in [-0.3, -0.25) is 0 Å². The number of benzene rings is 2. The Hall–Kier alpha value is -1.61. The highest BCUT2D eigenvalue weighted by atomic mass is 32.2. The first kappa shape index (κ1) is 14.8. The van der Waals surface area contributed by atoms with E-state index in [1.54, 1.807) is 11.8 Å². The van der Waals surface area contributed by atoms with Crippen molar-refractivity contribution in [3.63, 3.8) is 0 Å². The predicted molar refractivity (Wildman–Crippen MR) is 87.6 cm³/mol. The van der Waals surface area contributed by atoms with Crippen molar-refractivity contribution in [1.29, 1.82) is 0 Å². The Bertz CT molecular complexity index is 537. The Morgan fingerprint density at radius 1 is 1.10 bits per heavy atom. The number of nitrogens with two attached hydrogens (primary N) is 1. The molecule has 0 heterocycles. The fourth-order valence-electron chi connectivity index (χ4n) is 1.85. The third kappa shape index (κ3) is 4.49. The fourth-order valence-corrected chi connectivity index (χ4v) is 2.58. The Morgan fingerprint density at radius 3 is 2.55 bits per heavy atom. The first-order valence-corrected chi connectivity index (χ1v) is 7.85. The maximum Gasteiger partial charge on any atom is 0.119 e. The second-order valence-corrected chi connectivity index (χ2v) is 6.16. The molecule has 0 radical (unpaired) electrons. The van der Waals surface area contributed by atoms with Crippen molar-refractivity contribution in [3.8, 4) is 5.75 Å². The van der Waals surface area contributed by atoms with Gasteiger partial charge in [0.05, 0.1) is 6.61 Å². The first-order valence-electron chi connectivity index (χ1n) is 6.86. The van der Waals surface area contributed by atoms with E-state index in [2.05, 4.69) is 32.0 Å². The van der Waals surface area contributed by atoms with Gasteiger partial charge in [-0.05, 0) is 47.9 Å². The van der Waals surface area contributed by atoms with E-state index in [0.717, 1.165) is 17.2 Å². The van der Waals surface area contributed by atoms with Crippen molar-refractivity contribution in [2.45, 2.75) is 24.7 Å². The summed E-state index contributed by atoms with van der Waals surface area (Å²) < 4.78 is 5.80. The number of anilines is 1. The van der Waals surface area contributed by atoms with Gasteiger partial charge in [0, 0.05) is 16.3 Å². The van der Waals surface area contributed by atoms with Gasteiger partial charge in [0.2, 0.25) is 0 Å². The lowest BCUT2D eigenvalue weighted by atomic mass is 10.0. The van der Waals surface area contributed by atoms with Crippen molar-refractivity contribution >= 4 is 17.4 Å². The average Bonchev–Trinajstić information content (AvgIpc) is 2.46. The highest BCUT2D eigenvalue weighted by molar-refractivity contribution is 7.99. The minimum atomic E-state index is 0.530. The number of rotatable bonds is 6. The quantitative estimate of drug-likeness (QED) is 0.480. The second-order valence-electron chi connectivity index (χ2n) is 4.99. The summed E-state index contributed by atoms with van der Waals surface area (Å²) >= 11 is 1.78. The van der Waals surface area contributed by atoms with E-state index < -0.39 is 0 Å². The summed E-state index contributed by atoms with van der Waals surface area (Å²) in [5.41, 5.74) is 7.78. The van der Waals surface area contributed by atoms with Gasteiger partial charge in [0.1, 0.15) is 5.75 Å². The summed E-state index contributed by atoms with van der Waals surface area (Å²) in [6.07, 6.45) is 0. The highest BCUT2D eigenvalue weighted by Crippen LogP contribution is 2.22. The van der Waals surface area contributed by atoms with Gasteiger partial charge in [-0.1, -0.05) is 26.0 Å². The number of ether oxygens (including phenoxy) is 1. The molecule has 0 amide bonds. The van der Waals surface area contributed by atoms with Crippen LogP contribution in [0.2, 0.25) is 0 Å². The van der Waals surface area contributed by atoms with E-state index in [1.165, 1.54) is 10.5 Å². The molecule has 2 aromatic rings. The van der Waals surface area contributed by atoms with Crippen LogP contribution in [0, 0.1) is 0 Å². The average molecular weight is 287 g/mol. The molecule has 0 aliphatic rings. The summed E-state index contributed by atoms with van der Waals surface area (Å²) in [7, 11) is 0. The van der Waals surface area contributed by atoms with Crippen molar-refractivity contribution in [2.75, 3.05) is 18.1 Å². The fraction of sp³-hybridized carbons (Fsp3) is 0.294. The lowest BCUT2D eigenvalue weighted by molar-refractivity contribution is 0.343. The maximum atomic E-state index is 5.80. The SMILES string of the molecule is CC(C)c1cccc(OCCSc2ccc(N)cc2)c1. The minimum Gasteiger partial charge on any atom is -0.493 e. The van der Waals surface area contributed by atoms with Crippen LogP contribution in [0.5, 0.6) is 5.75 Å². The van der Waals surface area contributed by atoms with Gasteiger partial charge in [0.25, 0.3) is 0 Å². The molecule has 0 unspecified atom stereocenters. The summed E-state index contributed by atoms with van der Waals surface area (Å²) in [5, 5.41) is 0. The summed E-state index contributed by atoms with van der Waals surface area (Å²) in [4.78, 5) is 1.22. The number of thioether (sulfide) groups is 1. The largest absolute Gasteiger partial charge is 0.493 e. The van der Waals surface area contributed by atoms with E-state index in [0.29, 0.717) is 12.5 Å². The van der Waals surface area contributed by atoms with Crippen LogP contribution in [0.3, 0.4) is 0 Å². The van der Waals surface area contributed by atoms with E-state index in [1.807, 2.05) is 30.3 Å².